The topological polar surface area (TPSA) is 86.3 Å². The van der Waals surface area contributed by atoms with Gasteiger partial charge in [0.15, 0.2) is 0 Å². The highest BCUT2D eigenvalue weighted by atomic mass is 35.5. The van der Waals surface area contributed by atoms with Crippen LogP contribution in [-0.2, 0) is 18.0 Å². The number of aromatic nitrogens is 3. The smallest absolute Gasteiger partial charge is 0.383 e. The molecule has 1 saturated heterocycles. The Hall–Kier alpha value is -3.37. The third-order valence-electron chi connectivity index (χ3n) is 6.04. The summed E-state index contributed by atoms with van der Waals surface area (Å²) in [4.78, 5) is 19.6. The molecule has 0 bridgehead atoms. The number of hydrogen-bond acceptors (Lipinski definition) is 5. The quantitative estimate of drug-likeness (QED) is 0.445. The van der Waals surface area contributed by atoms with Gasteiger partial charge in [0.25, 0.3) is 5.91 Å². The predicted octanol–water partition coefficient (Wildman–Crippen LogP) is 4.59. The van der Waals surface area contributed by atoms with Gasteiger partial charge in [-0.3, -0.25) is 9.48 Å². The van der Waals surface area contributed by atoms with Crippen LogP contribution in [0.5, 0.6) is 0 Å². The molecule has 2 aromatic heterocycles. The van der Waals surface area contributed by atoms with Crippen LogP contribution in [0.3, 0.4) is 0 Å². The van der Waals surface area contributed by atoms with Crippen LogP contribution in [0.2, 0.25) is 5.02 Å². The molecule has 11 heteroatoms. The average Bonchev–Trinajstić information content (AvgIpc) is 3.20. The van der Waals surface area contributed by atoms with Crippen LogP contribution in [0.1, 0.15) is 27.5 Å². The van der Waals surface area contributed by atoms with Gasteiger partial charge in [-0.15, -0.1) is 0 Å². The number of nitrogens with two attached hydrogens (primary N) is 1. The first kappa shape index (κ1) is 22.4. The van der Waals surface area contributed by atoms with E-state index in [0.717, 1.165) is 17.6 Å². The number of alkyl halides is 3. The van der Waals surface area contributed by atoms with Crippen LogP contribution in [0.4, 0.5) is 19.0 Å². The van der Waals surface area contributed by atoms with Crippen LogP contribution < -0.4 is 5.73 Å². The molecule has 0 spiro atoms. The number of nitrogen functional groups attached to an aromatic ring is 1. The van der Waals surface area contributed by atoms with E-state index >= 15 is 0 Å². The summed E-state index contributed by atoms with van der Waals surface area (Å²) in [5.41, 5.74) is 7.34. The number of aryl methyl sites for hydroxylation is 1. The largest absolute Gasteiger partial charge is 0.416 e. The minimum absolute atomic E-state index is 0.159. The molecule has 176 valence electrons. The first-order valence-corrected chi connectivity index (χ1v) is 10.8. The number of hydrogen-bond donors (Lipinski definition) is 1. The molecule has 1 atom stereocenters. The molecule has 0 aliphatic carbocycles. The maximum atomic E-state index is 13.6. The zero-order valence-corrected chi connectivity index (χ0v) is 18.7. The van der Waals surface area contributed by atoms with Gasteiger partial charge in [0.05, 0.1) is 58.0 Å². The Morgan fingerprint density at radius 1 is 1.21 bits per heavy atom. The molecule has 0 radical (unpaired) electrons. The average molecular weight is 490 g/mol. The molecule has 2 N–H and O–H groups in total. The highest BCUT2D eigenvalue weighted by molar-refractivity contribution is 6.35. The van der Waals surface area contributed by atoms with Gasteiger partial charge in [0.1, 0.15) is 5.82 Å². The summed E-state index contributed by atoms with van der Waals surface area (Å²) in [7, 11) is 1.76. The van der Waals surface area contributed by atoms with Crippen molar-refractivity contribution in [3.8, 4) is 0 Å². The summed E-state index contributed by atoms with van der Waals surface area (Å²) in [5, 5.41) is 5.76. The zero-order chi connectivity index (χ0) is 24.2. The van der Waals surface area contributed by atoms with Gasteiger partial charge in [-0.25, -0.2) is 4.98 Å². The fourth-order valence-electron chi connectivity index (χ4n) is 4.32. The molecule has 5 rings (SSSR count). The second-order valence-corrected chi connectivity index (χ2v) is 8.49. The van der Waals surface area contributed by atoms with Crippen molar-refractivity contribution in [3.05, 3.63) is 64.3 Å². The first-order chi connectivity index (χ1) is 16.1. The van der Waals surface area contributed by atoms with Crippen LogP contribution in [0.25, 0.3) is 21.8 Å². The molecule has 34 heavy (non-hydrogen) atoms. The second-order valence-electron chi connectivity index (χ2n) is 8.09. The van der Waals surface area contributed by atoms with Crippen molar-refractivity contribution in [1.29, 1.82) is 0 Å². The fourth-order valence-corrected chi connectivity index (χ4v) is 4.55. The molecule has 1 amide bonds. The molecule has 1 fully saturated rings. The number of ether oxygens (including phenoxy) is 1. The van der Waals surface area contributed by atoms with Crippen molar-refractivity contribution in [1.82, 2.24) is 19.7 Å². The maximum Gasteiger partial charge on any atom is 0.416 e. The Balaban J connectivity index is 1.56. The Labute approximate surface area is 196 Å². The highest BCUT2D eigenvalue weighted by Gasteiger charge is 2.33. The number of halogens is 4. The van der Waals surface area contributed by atoms with E-state index in [9.17, 15) is 18.0 Å². The normalized spacial score (nSPS) is 17.0. The summed E-state index contributed by atoms with van der Waals surface area (Å²) in [6.45, 7) is 0.727. The summed E-state index contributed by atoms with van der Waals surface area (Å²) in [6.07, 6.45) is -2.83. The molecule has 0 unspecified atom stereocenters. The van der Waals surface area contributed by atoms with Gasteiger partial charge in [-0.2, -0.15) is 18.3 Å². The minimum atomic E-state index is -4.44. The van der Waals surface area contributed by atoms with Gasteiger partial charge >= 0.3 is 6.18 Å². The molecule has 1 aliphatic rings. The lowest BCUT2D eigenvalue weighted by Gasteiger charge is -2.36. The summed E-state index contributed by atoms with van der Waals surface area (Å²) in [6, 6.07) is 7.44. The lowest BCUT2D eigenvalue weighted by atomic mass is 10.0. The highest BCUT2D eigenvalue weighted by Crippen LogP contribution is 2.35. The van der Waals surface area contributed by atoms with Crippen molar-refractivity contribution in [3.63, 3.8) is 0 Å². The molecular weight excluding hydrogens is 471 g/mol. The fraction of sp³-hybridized carbons (Fsp3) is 0.261. The Morgan fingerprint density at radius 3 is 2.65 bits per heavy atom. The number of fused-ring (bicyclic) bond motifs is 3. The standard InChI is InChI=1S/C23H19ClF3N5O2/c1-31-20-15-8-14(17(24)9-18(15)30-21(28)16(20)10-29-31)22(33)32-6-7-34-11-19(32)12-2-4-13(5-3-12)23(25,26)27/h2-5,8-10,19H,6-7,11H2,1H3,(H2,28,30)/t19-/m1/s1. The van der Waals surface area contributed by atoms with E-state index in [0.29, 0.717) is 34.3 Å². The summed E-state index contributed by atoms with van der Waals surface area (Å²) in [5.74, 6) is -0.0477. The Kier molecular flexibility index (Phi) is 5.37. The van der Waals surface area contributed by atoms with E-state index in [1.54, 1.807) is 35.0 Å². The Morgan fingerprint density at radius 2 is 1.94 bits per heavy atom. The molecule has 7 nitrogen and oxygen atoms in total. The monoisotopic (exact) mass is 489 g/mol. The second kappa shape index (κ2) is 8.14. The van der Waals surface area contributed by atoms with Crippen LogP contribution >= 0.6 is 11.6 Å². The SMILES string of the molecule is Cn1ncc2c(N)nc3cc(Cl)c(C(=O)N4CCOC[C@@H]4c4ccc(C(F)(F)F)cc4)cc3c21. The van der Waals surface area contributed by atoms with Gasteiger partial charge in [0, 0.05) is 19.0 Å². The number of benzene rings is 2. The van der Waals surface area contributed by atoms with Crippen molar-refractivity contribution in [2.45, 2.75) is 12.2 Å². The van der Waals surface area contributed by atoms with E-state index in [1.165, 1.54) is 12.1 Å². The van der Waals surface area contributed by atoms with Crippen molar-refractivity contribution in [2.24, 2.45) is 7.05 Å². The van der Waals surface area contributed by atoms with E-state index in [4.69, 9.17) is 22.1 Å². The number of rotatable bonds is 2. The van der Waals surface area contributed by atoms with Crippen LogP contribution in [0.15, 0.2) is 42.6 Å². The van der Waals surface area contributed by atoms with Crippen molar-refractivity contribution >= 4 is 45.1 Å². The summed E-state index contributed by atoms with van der Waals surface area (Å²) < 4.78 is 46.1. The minimum Gasteiger partial charge on any atom is -0.383 e. The van der Waals surface area contributed by atoms with Crippen molar-refractivity contribution < 1.29 is 22.7 Å². The molecular formula is C23H19ClF3N5O2. The van der Waals surface area contributed by atoms with E-state index < -0.39 is 17.8 Å². The zero-order valence-electron chi connectivity index (χ0n) is 17.9. The van der Waals surface area contributed by atoms with E-state index in [-0.39, 0.29) is 29.6 Å². The summed E-state index contributed by atoms with van der Waals surface area (Å²) >= 11 is 6.49. The number of nitrogens with zero attached hydrogens (tertiary/aromatic N) is 4. The van der Waals surface area contributed by atoms with Gasteiger partial charge in [-0.1, -0.05) is 23.7 Å². The number of morpholine rings is 1. The number of pyridine rings is 1. The number of carbonyl (C=O) groups excluding carboxylic acids is 1. The lowest BCUT2D eigenvalue weighted by molar-refractivity contribution is -0.137. The van der Waals surface area contributed by atoms with Gasteiger partial charge in [-0.05, 0) is 29.8 Å². The first-order valence-electron chi connectivity index (χ1n) is 10.4. The predicted molar refractivity (Wildman–Crippen MR) is 121 cm³/mol. The maximum absolute atomic E-state index is 13.6. The van der Waals surface area contributed by atoms with Crippen LogP contribution in [0, 0.1) is 0 Å². The molecule has 0 saturated carbocycles. The molecule has 3 heterocycles. The molecule has 2 aromatic carbocycles. The van der Waals surface area contributed by atoms with Crippen molar-refractivity contribution in [2.75, 3.05) is 25.5 Å². The Bertz CT molecular complexity index is 1420. The third-order valence-corrected chi connectivity index (χ3v) is 6.35. The third kappa shape index (κ3) is 3.72. The number of carbonyl (C=O) groups is 1. The van der Waals surface area contributed by atoms with Gasteiger partial charge < -0.3 is 15.4 Å². The molecule has 4 aromatic rings. The van der Waals surface area contributed by atoms with Crippen LogP contribution in [-0.4, -0.2) is 45.3 Å². The number of amides is 1. The van der Waals surface area contributed by atoms with E-state index in [1.807, 2.05) is 0 Å². The molecule has 1 aliphatic heterocycles. The lowest BCUT2D eigenvalue weighted by Crippen LogP contribution is -2.43. The van der Waals surface area contributed by atoms with E-state index in [2.05, 4.69) is 10.1 Å². The van der Waals surface area contributed by atoms with Gasteiger partial charge in [0.2, 0.25) is 0 Å². The number of anilines is 1.